The van der Waals surface area contributed by atoms with Gasteiger partial charge in [0.1, 0.15) is 6.07 Å². The number of para-hydroxylation sites is 1. The lowest BCUT2D eigenvalue weighted by Crippen LogP contribution is -2.01. The molecular weight excluding hydrogens is 312 g/mol. The van der Waals surface area contributed by atoms with Crippen molar-refractivity contribution in [1.29, 1.82) is 5.26 Å². The molecule has 2 aromatic rings. The lowest BCUT2D eigenvalue weighted by atomic mass is 10.1. The van der Waals surface area contributed by atoms with Crippen molar-refractivity contribution in [1.82, 2.24) is 0 Å². The third-order valence-corrected chi connectivity index (χ3v) is 3.51. The molecule has 18 heavy (non-hydrogen) atoms. The molecule has 0 unspecified atom stereocenters. The van der Waals surface area contributed by atoms with E-state index in [-0.39, 0.29) is 0 Å². The minimum atomic E-state index is 0.635. The smallest absolute Gasteiger partial charge is 0.101 e. The Hall–Kier alpha value is -1.50. The fourth-order valence-corrected chi connectivity index (χ4v) is 2.41. The van der Waals surface area contributed by atoms with Gasteiger partial charge in [0, 0.05) is 16.0 Å². The molecule has 2 rings (SSSR count). The maximum absolute atomic E-state index is 8.99. The lowest BCUT2D eigenvalue weighted by molar-refractivity contribution is 1.13. The summed E-state index contributed by atoms with van der Waals surface area (Å²) >= 11 is 9.36. The third kappa shape index (κ3) is 3.04. The summed E-state index contributed by atoms with van der Waals surface area (Å²) in [5.41, 5.74) is 2.57. The quantitative estimate of drug-likeness (QED) is 0.897. The minimum Gasteiger partial charge on any atom is -0.380 e. The Kier molecular flexibility index (Phi) is 4.24. The lowest BCUT2D eigenvalue weighted by Gasteiger charge is -2.09. The van der Waals surface area contributed by atoms with Gasteiger partial charge in [0.25, 0.3) is 0 Å². The van der Waals surface area contributed by atoms with Crippen LogP contribution in [0.1, 0.15) is 11.1 Å². The van der Waals surface area contributed by atoms with Crippen LogP contribution in [0.3, 0.4) is 0 Å². The standard InChI is InChI=1S/C14H10BrClN2/c15-13-7-12(16)6-5-11(13)9-18-14-4-2-1-3-10(14)8-17/h1-7,18H,9H2. The van der Waals surface area contributed by atoms with Gasteiger partial charge in [0.2, 0.25) is 0 Å². The molecule has 0 saturated heterocycles. The van der Waals surface area contributed by atoms with Crippen molar-refractivity contribution in [3.63, 3.8) is 0 Å². The molecule has 2 aromatic carbocycles. The van der Waals surface area contributed by atoms with E-state index in [1.54, 1.807) is 6.07 Å². The maximum Gasteiger partial charge on any atom is 0.101 e. The van der Waals surface area contributed by atoms with Gasteiger partial charge in [0.15, 0.2) is 0 Å². The topological polar surface area (TPSA) is 35.8 Å². The number of hydrogen-bond acceptors (Lipinski definition) is 2. The van der Waals surface area contributed by atoms with E-state index in [0.29, 0.717) is 17.1 Å². The average molecular weight is 322 g/mol. The summed E-state index contributed by atoms with van der Waals surface area (Å²) in [5.74, 6) is 0. The van der Waals surface area contributed by atoms with Gasteiger partial charge in [-0.1, -0.05) is 45.7 Å². The van der Waals surface area contributed by atoms with E-state index in [0.717, 1.165) is 15.7 Å². The summed E-state index contributed by atoms with van der Waals surface area (Å²) in [7, 11) is 0. The number of nitriles is 1. The number of hydrogen-bond donors (Lipinski definition) is 1. The number of halogens is 2. The monoisotopic (exact) mass is 320 g/mol. The van der Waals surface area contributed by atoms with E-state index in [2.05, 4.69) is 27.3 Å². The van der Waals surface area contributed by atoms with Crippen molar-refractivity contribution in [2.75, 3.05) is 5.32 Å². The van der Waals surface area contributed by atoms with Crippen molar-refractivity contribution in [3.05, 3.63) is 63.1 Å². The number of anilines is 1. The summed E-state index contributed by atoms with van der Waals surface area (Å²) in [6, 6.07) is 15.2. The van der Waals surface area contributed by atoms with Gasteiger partial charge in [-0.05, 0) is 29.8 Å². The first-order valence-corrected chi connectivity index (χ1v) is 6.55. The van der Waals surface area contributed by atoms with Crippen LogP contribution in [-0.4, -0.2) is 0 Å². The van der Waals surface area contributed by atoms with E-state index >= 15 is 0 Å². The van der Waals surface area contributed by atoms with Crippen LogP contribution >= 0.6 is 27.5 Å². The first-order chi connectivity index (χ1) is 8.70. The SMILES string of the molecule is N#Cc1ccccc1NCc1ccc(Cl)cc1Br. The summed E-state index contributed by atoms with van der Waals surface area (Å²) in [6.45, 7) is 0.635. The van der Waals surface area contributed by atoms with Crippen LogP contribution in [0.25, 0.3) is 0 Å². The molecule has 0 bridgehead atoms. The molecule has 0 aliphatic heterocycles. The van der Waals surface area contributed by atoms with Crippen LogP contribution in [0.4, 0.5) is 5.69 Å². The van der Waals surface area contributed by atoms with Crippen LogP contribution in [0.5, 0.6) is 0 Å². The maximum atomic E-state index is 8.99. The highest BCUT2D eigenvalue weighted by atomic mass is 79.9. The number of nitrogens with zero attached hydrogens (tertiary/aromatic N) is 1. The number of benzene rings is 2. The van der Waals surface area contributed by atoms with Crippen molar-refractivity contribution in [2.45, 2.75) is 6.54 Å². The summed E-state index contributed by atoms with van der Waals surface area (Å²) < 4.78 is 0.955. The minimum absolute atomic E-state index is 0.635. The molecule has 90 valence electrons. The molecule has 0 aromatic heterocycles. The largest absolute Gasteiger partial charge is 0.380 e. The molecule has 4 heteroatoms. The van der Waals surface area contributed by atoms with Gasteiger partial charge < -0.3 is 5.32 Å². The van der Waals surface area contributed by atoms with Gasteiger partial charge in [-0.2, -0.15) is 5.26 Å². The number of nitrogens with one attached hydrogen (secondary N) is 1. The zero-order valence-electron chi connectivity index (χ0n) is 9.45. The molecule has 2 nitrogen and oxygen atoms in total. The zero-order valence-corrected chi connectivity index (χ0v) is 11.8. The Morgan fingerprint density at radius 2 is 2.00 bits per heavy atom. The fraction of sp³-hybridized carbons (Fsp3) is 0.0714. The molecule has 0 amide bonds. The molecule has 1 N–H and O–H groups in total. The highest BCUT2D eigenvalue weighted by Gasteiger charge is 2.03. The normalized spacial score (nSPS) is 9.83. The summed E-state index contributed by atoms with van der Waals surface area (Å²) in [5, 5.41) is 12.9. The molecule has 0 saturated carbocycles. The Labute approximate surface area is 119 Å². The second-order valence-electron chi connectivity index (χ2n) is 3.75. The van der Waals surface area contributed by atoms with Crippen LogP contribution in [-0.2, 0) is 6.54 Å². The summed E-state index contributed by atoms with van der Waals surface area (Å²) in [6.07, 6.45) is 0. The Balaban J connectivity index is 2.14. The Morgan fingerprint density at radius 3 is 2.72 bits per heavy atom. The van der Waals surface area contributed by atoms with Crippen LogP contribution in [0, 0.1) is 11.3 Å². The van der Waals surface area contributed by atoms with Crippen molar-refractivity contribution >= 4 is 33.2 Å². The highest BCUT2D eigenvalue weighted by molar-refractivity contribution is 9.10. The molecule has 0 radical (unpaired) electrons. The van der Waals surface area contributed by atoms with Crippen molar-refractivity contribution in [3.8, 4) is 6.07 Å². The van der Waals surface area contributed by atoms with Crippen LogP contribution in [0.2, 0.25) is 5.02 Å². The molecule has 0 fully saturated rings. The van der Waals surface area contributed by atoms with Crippen molar-refractivity contribution < 1.29 is 0 Å². The third-order valence-electron chi connectivity index (χ3n) is 2.53. The molecule has 0 spiro atoms. The molecular formula is C14H10BrClN2. The second-order valence-corrected chi connectivity index (χ2v) is 5.04. The first-order valence-electron chi connectivity index (χ1n) is 5.37. The van der Waals surface area contributed by atoms with Gasteiger partial charge in [-0.3, -0.25) is 0 Å². The molecule has 0 heterocycles. The van der Waals surface area contributed by atoms with Crippen molar-refractivity contribution in [2.24, 2.45) is 0 Å². The van der Waals surface area contributed by atoms with E-state index in [1.165, 1.54) is 0 Å². The molecule has 0 aliphatic carbocycles. The van der Waals surface area contributed by atoms with Gasteiger partial charge in [0.05, 0.1) is 11.3 Å². The predicted octanol–water partition coefficient (Wildman–Crippen LogP) is 4.59. The second kappa shape index (κ2) is 5.90. The van der Waals surface area contributed by atoms with E-state index in [9.17, 15) is 0 Å². The van der Waals surface area contributed by atoms with E-state index in [4.69, 9.17) is 16.9 Å². The summed E-state index contributed by atoms with van der Waals surface area (Å²) in [4.78, 5) is 0. The van der Waals surface area contributed by atoms with E-state index in [1.807, 2.05) is 36.4 Å². The highest BCUT2D eigenvalue weighted by Crippen LogP contribution is 2.23. The molecule has 0 atom stereocenters. The van der Waals surface area contributed by atoms with Gasteiger partial charge >= 0.3 is 0 Å². The van der Waals surface area contributed by atoms with Crippen LogP contribution in [0.15, 0.2) is 46.9 Å². The van der Waals surface area contributed by atoms with Crippen LogP contribution < -0.4 is 5.32 Å². The van der Waals surface area contributed by atoms with Gasteiger partial charge in [-0.25, -0.2) is 0 Å². The Morgan fingerprint density at radius 1 is 1.22 bits per heavy atom. The fourth-order valence-electron chi connectivity index (χ4n) is 1.59. The Bertz CT molecular complexity index is 605. The molecule has 0 aliphatic rings. The zero-order chi connectivity index (χ0) is 13.0. The first kappa shape index (κ1) is 12.9. The van der Waals surface area contributed by atoms with E-state index < -0.39 is 0 Å². The predicted molar refractivity (Wildman–Crippen MR) is 77.6 cm³/mol. The number of rotatable bonds is 3. The average Bonchev–Trinajstić information content (AvgIpc) is 2.38. The van der Waals surface area contributed by atoms with Gasteiger partial charge in [-0.15, -0.1) is 0 Å².